The Kier molecular flexibility index (Phi) is 7.62. The van der Waals surface area contributed by atoms with Gasteiger partial charge in [-0.25, -0.2) is 9.78 Å². The maximum Gasteiger partial charge on any atom is 0.345 e. The normalized spacial score (nSPS) is 11.8. The van der Waals surface area contributed by atoms with Crippen molar-refractivity contribution in [2.45, 2.75) is 11.8 Å². The van der Waals surface area contributed by atoms with E-state index in [1.807, 2.05) is 71.3 Å². The van der Waals surface area contributed by atoms with Crippen molar-refractivity contribution in [3.05, 3.63) is 101 Å². The Hall–Kier alpha value is -4.28. The van der Waals surface area contributed by atoms with E-state index in [1.165, 1.54) is 18.9 Å². The summed E-state index contributed by atoms with van der Waals surface area (Å²) in [5, 5.41) is 20.6. The minimum Gasteiger partial charge on any atom is -0.510 e. The van der Waals surface area contributed by atoms with Gasteiger partial charge in [0.05, 0.1) is 28.9 Å². The summed E-state index contributed by atoms with van der Waals surface area (Å²) in [6.45, 7) is 0.112. The third-order valence-corrected chi connectivity index (χ3v) is 6.80. The maximum atomic E-state index is 12.6. The van der Waals surface area contributed by atoms with Crippen molar-refractivity contribution in [3.63, 3.8) is 0 Å². The summed E-state index contributed by atoms with van der Waals surface area (Å²) in [5.74, 6) is 0.373. The van der Waals surface area contributed by atoms with Gasteiger partial charge in [0.1, 0.15) is 29.5 Å². The molecule has 0 bridgehead atoms. The zero-order chi connectivity index (χ0) is 26.5. The van der Waals surface area contributed by atoms with Gasteiger partial charge in [-0.3, -0.25) is 4.57 Å². The van der Waals surface area contributed by atoms with Crippen LogP contribution in [0.1, 0.15) is 11.6 Å². The number of methoxy groups -OCH3 is 1. The fourth-order valence-electron chi connectivity index (χ4n) is 3.76. The monoisotopic (exact) mass is 547 g/mol. The number of benzene rings is 3. The van der Waals surface area contributed by atoms with Crippen molar-refractivity contribution in [1.29, 1.82) is 0 Å². The highest BCUT2D eigenvalue weighted by atomic mass is 35.5. The number of aromatic nitrogens is 5. The minimum absolute atomic E-state index is 0.0117. The number of para-hydroxylation sites is 4. The van der Waals surface area contributed by atoms with Crippen LogP contribution in [0.25, 0.3) is 22.3 Å². The van der Waals surface area contributed by atoms with Crippen molar-refractivity contribution in [1.82, 2.24) is 24.7 Å². The molecule has 5 aromatic rings. The molecule has 0 aliphatic carbocycles. The SMILES string of the molecule is COC(=O)C(=C(O)CSc1nnc(COc2ccccc2Cl)n1-c1ccccc1)c1nc2ccccc2[nH]1. The number of ether oxygens (including phenoxy) is 2. The zero-order valence-electron chi connectivity index (χ0n) is 20.2. The van der Waals surface area contributed by atoms with Gasteiger partial charge < -0.3 is 19.6 Å². The first-order valence-electron chi connectivity index (χ1n) is 11.5. The van der Waals surface area contributed by atoms with E-state index in [9.17, 15) is 9.90 Å². The van der Waals surface area contributed by atoms with Crippen molar-refractivity contribution in [3.8, 4) is 11.4 Å². The molecule has 0 saturated heterocycles. The maximum absolute atomic E-state index is 12.6. The molecule has 2 heterocycles. The fourth-order valence-corrected chi connectivity index (χ4v) is 4.80. The molecule has 0 unspecified atom stereocenters. The zero-order valence-corrected chi connectivity index (χ0v) is 21.7. The van der Waals surface area contributed by atoms with Crippen LogP contribution in [0.4, 0.5) is 0 Å². The molecule has 5 rings (SSSR count). The topological polar surface area (TPSA) is 115 Å². The molecule has 0 spiro atoms. The van der Waals surface area contributed by atoms with Crippen LogP contribution in [0, 0.1) is 0 Å². The number of aliphatic hydroxyl groups is 1. The molecule has 0 aliphatic rings. The minimum atomic E-state index is -0.708. The highest BCUT2D eigenvalue weighted by Gasteiger charge is 2.23. The lowest BCUT2D eigenvalue weighted by Crippen LogP contribution is -2.10. The average Bonchev–Trinajstić information content (AvgIpc) is 3.55. The highest BCUT2D eigenvalue weighted by molar-refractivity contribution is 7.99. The Balaban J connectivity index is 1.44. The molecule has 9 nitrogen and oxygen atoms in total. The molecular weight excluding hydrogens is 526 g/mol. The Morgan fingerprint density at radius 3 is 2.53 bits per heavy atom. The number of rotatable bonds is 9. The van der Waals surface area contributed by atoms with Gasteiger partial charge in [0.15, 0.2) is 11.0 Å². The Bertz CT molecular complexity index is 1580. The van der Waals surface area contributed by atoms with Gasteiger partial charge in [-0.1, -0.05) is 65.8 Å². The number of carbonyl (C=O) groups is 1. The molecule has 11 heteroatoms. The average molecular weight is 548 g/mol. The van der Waals surface area contributed by atoms with Crippen LogP contribution in [-0.2, 0) is 16.1 Å². The highest BCUT2D eigenvalue weighted by Crippen LogP contribution is 2.29. The molecular formula is C27H22ClN5O4S. The number of nitrogens with one attached hydrogen (secondary N) is 1. The predicted octanol–water partition coefficient (Wildman–Crippen LogP) is 5.61. The number of imidazole rings is 1. The van der Waals surface area contributed by atoms with Crippen LogP contribution in [0.15, 0.2) is 89.8 Å². The van der Waals surface area contributed by atoms with Gasteiger partial charge in [-0.2, -0.15) is 0 Å². The second kappa shape index (κ2) is 11.4. The van der Waals surface area contributed by atoms with E-state index in [4.69, 9.17) is 21.1 Å². The number of carbonyl (C=O) groups excluding carboxylic acids is 1. The number of fused-ring (bicyclic) bond motifs is 1. The lowest BCUT2D eigenvalue weighted by molar-refractivity contribution is -0.133. The van der Waals surface area contributed by atoms with Crippen molar-refractivity contribution >= 4 is 45.9 Å². The summed E-state index contributed by atoms with van der Waals surface area (Å²) in [6, 6.07) is 24.0. The lowest BCUT2D eigenvalue weighted by atomic mass is 10.2. The largest absolute Gasteiger partial charge is 0.510 e. The van der Waals surface area contributed by atoms with Gasteiger partial charge >= 0.3 is 5.97 Å². The van der Waals surface area contributed by atoms with Gasteiger partial charge in [0.25, 0.3) is 0 Å². The number of hydrogen-bond acceptors (Lipinski definition) is 8. The van der Waals surface area contributed by atoms with Crippen LogP contribution in [0.5, 0.6) is 5.75 Å². The van der Waals surface area contributed by atoms with E-state index in [0.29, 0.717) is 27.3 Å². The van der Waals surface area contributed by atoms with Gasteiger partial charge in [-0.05, 0) is 36.4 Å². The van der Waals surface area contributed by atoms with E-state index < -0.39 is 5.97 Å². The Morgan fingerprint density at radius 1 is 1.03 bits per heavy atom. The first kappa shape index (κ1) is 25.4. The predicted molar refractivity (Wildman–Crippen MR) is 146 cm³/mol. The first-order chi connectivity index (χ1) is 18.5. The second-order valence-electron chi connectivity index (χ2n) is 7.99. The van der Waals surface area contributed by atoms with Crippen molar-refractivity contribution < 1.29 is 19.4 Å². The molecule has 0 fully saturated rings. The third-order valence-electron chi connectivity index (χ3n) is 5.55. The van der Waals surface area contributed by atoms with E-state index >= 15 is 0 Å². The van der Waals surface area contributed by atoms with Gasteiger partial charge in [-0.15, -0.1) is 10.2 Å². The Morgan fingerprint density at radius 2 is 1.76 bits per heavy atom. The Labute approximate surface area is 227 Å². The van der Waals surface area contributed by atoms with Crippen LogP contribution >= 0.6 is 23.4 Å². The van der Waals surface area contributed by atoms with Gasteiger partial charge in [0.2, 0.25) is 0 Å². The number of hydrogen-bond donors (Lipinski definition) is 2. The van der Waals surface area contributed by atoms with Crippen LogP contribution in [-0.4, -0.2) is 48.7 Å². The standard InChI is InChI=1S/C27H22ClN5O4S/c1-36-26(35)24(25-29-19-12-6-7-13-20(19)30-25)21(34)16-38-27-32-31-23(33(27)17-9-3-2-4-10-17)15-37-22-14-8-5-11-18(22)28/h2-14,34H,15-16H2,1H3,(H,29,30). The molecule has 38 heavy (non-hydrogen) atoms. The number of esters is 1. The van der Waals surface area contributed by atoms with E-state index in [2.05, 4.69) is 20.2 Å². The number of H-pyrrole nitrogens is 1. The molecule has 0 saturated carbocycles. The van der Waals surface area contributed by atoms with Crippen LogP contribution in [0.3, 0.4) is 0 Å². The summed E-state index contributed by atoms with van der Waals surface area (Å²) in [4.78, 5) is 20.1. The first-order valence-corrected chi connectivity index (χ1v) is 12.9. The summed E-state index contributed by atoms with van der Waals surface area (Å²) in [6.07, 6.45) is 0. The molecule has 0 radical (unpaired) electrons. The molecule has 192 valence electrons. The summed E-state index contributed by atoms with van der Waals surface area (Å²) in [5.41, 5.74) is 2.16. The number of thioether (sulfide) groups is 1. The quantitative estimate of drug-likeness (QED) is 0.106. The molecule has 2 aromatic heterocycles. The molecule has 0 atom stereocenters. The second-order valence-corrected chi connectivity index (χ2v) is 9.34. The van der Waals surface area contributed by atoms with Crippen LogP contribution in [0.2, 0.25) is 5.02 Å². The van der Waals surface area contributed by atoms with Crippen molar-refractivity contribution in [2.24, 2.45) is 0 Å². The molecule has 2 N–H and O–H groups in total. The van der Waals surface area contributed by atoms with E-state index in [-0.39, 0.29) is 29.5 Å². The van der Waals surface area contributed by atoms with E-state index in [0.717, 1.165) is 11.2 Å². The summed E-state index contributed by atoms with van der Waals surface area (Å²) < 4.78 is 12.7. The summed E-state index contributed by atoms with van der Waals surface area (Å²) >= 11 is 7.43. The fraction of sp³-hybridized carbons (Fsp3) is 0.111. The third kappa shape index (κ3) is 5.36. The smallest absolute Gasteiger partial charge is 0.345 e. The lowest BCUT2D eigenvalue weighted by Gasteiger charge is -2.12. The molecule has 3 aromatic carbocycles. The number of aromatic amines is 1. The van der Waals surface area contributed by atoms with Crippen LogP contribution < -0.4 is 4.74 Å². The molecule has 0 amide bonds. The van der Waals surface area contributed by atoms with E-state index in [1.54, 1.807) is 12.1 Å². The summed E-state index contributed by atoms with van der Waals surface area (Å²) in [7, 11) is 1.25. The molecule has 0 aliphatic heterocycles. The van der Waals surface area contributed by atoms with Crippen molar-refractivity contribution in [2.75, 3.05) is 12.9 Å². The van der Waals surface area contributed by atoms with Gasteiger partial charge in [0, 0.05) is 5.69 Å². The number of halogens is 1. The number of nitrogens with zero attached hydrogens (tertiary/aromatic N) is 4. The number of aliphatic hydroxyl groups excluding tert-OH is 1.